The highest BCUT2D eigenvalue weighted by atomic mass is 127. The van der Waals surface area contributed by atoms with E-state index in [4.69, 9.17) is 0 Å². The fraction of sp³-hybridized carbons (Fsp3) is 0. The molecule has 5 aromatic rings. The highest BCUT2D eigenvalue weighted by molar-refractivity contribution is 14.1. The molecule has 0 fully saturated rings. The summed E-state index contributed by atoms with van der Waals surface area (Å²) in [7, 11) is 0. The highest BCUT2D eigenvalue weighted by Gasteiger charge is 2.08. The van der Waals surface area contributed by atoms with Crippen LogP contribution in [0.3, 0.4) is 0 Å². The summed E-state index contributed by atoms with van der Waals surface area (Å²) in [6, 6.07) is 45.6. The van der Waals surface area contributed by atoms with Crippen molar-refractivity contribution < 1.29 is 0 Å². The van der Waals surface area contributed by atoms with Crippen LogP contribution >= 0.6 is 22.6 Å². The van der Waals surface area contributed by atoms with Gasteiger partial charge in [-0.3, -0.25) is 0 Å². The summed E-state index contributed by atoms with van der Waals surface area (Å²) in [6.07, 6.45) is 0. The molecular formula is C30H21I. The molecule has 0 spiro atoms. The predicted octanol–water partition coefficient (Wildman–Crippen LogP) is 8.96. The van der Waals surface area contributed by atoms with Crippen molar-refractivity contribution in [2.24, 2.45) is 0 Å². The monoisotopic (exact) mass is 508 g/mol. The summed E-state index contributed by atoms with van der Waals surface area (Å²) in [5.74, 6) is 0. The van der Waals surface area contributed by atoms with Gasteiger partial charge in [0.05, 0.1) is 0 Å². The molecule has 0 aliphatic rings. The third-order valence-corrected chi connectivity index (χ3v) is 6.26. The van der Waals surface area contributed by atoms with E-state index in [1.165, 1.54) is 48.1 Å². The van der Waals surface area contributed by atoms with E-state index in [-0.39, 0.29) is 0 Å². The zero-order valence-electron chi connectivity index (χ0n) is 17.0. The Morgan fingerprint density at radius 1 is 0.290 bits per heavy atom. The number of hydrogen-bond acceptors (Lipinski definition) is 0. The maximum absolute atomic E-state index is 2.34. The van der Waals surface area contributed by atoms with Crippen LogP contribution in [0.15, 0.2) is 127 Å². The van der Waals surface area contributed by atoms with E-state index < -0.39 is 0 Å². The molecular weight excluding hydrogens is 487 g/mol. The lowest BCUT2D eigenvalue weighted by molar-refractivity contribution is 1.55. The molecule has 0 aliphatic heterocycles. The van der Waals surface area contributed by atoms with Crippen molar-refractivity contribution in [3.63, 3.8) is 0 Å². The fourth-order valence-electron chi connectivity index (χ4n) is 3.89. The molecule has 0 nitrogen and oxygen atoms in total. The Morgan fingerprint density at radius 2 is 0.581 bits per heavy atom. The molecule has 5 aromatic carbocycles. The van der Waals surface area contributed by atoms with E-state index in [2.05, 4.69) is 150 Å². The van der Waals surface area contributed by atoms with Gasteiger partial charge < -0.3 is 0 Å². The summed E-state index contributed by atoms with van der Waals surface area (Å²) >= 11 is 2.34. The average Bonchev–Trinajstić information content (AvgIpc) is 2.85. The topological polar surface area (TPSA) is 0 Å². The number of hydrogen-bond donors (Lipinski definition) is 0. The van der Waals surface area contributed by atoms with Crippen molar-refractivity contribution in [3.05, 3.63) is 131 Å². The van der Waals surface area contributed by atoms with E-state index in [1.54, 1.807) is 0 Å². The van der Waals surface area contributed by atoms with Crippen LogP contribution in [0.25, 0.3) is 44.5 Å². The van der Waals surface area contributed by atoms with E-state index in [0.717, 1.165) is 0 Å². The third-order valence-electron chi connectivity index (χ3n) is 5.54. The van der Waals surface area contributed by atoms with Gasteiger partial charge >= 0.3 is 0 Å². The minimum atomic E-state index is 1.23. The fourth-order valence-corrected chi connectivity index (χ4v) is 4.25. The lowest BCUT2D eigenvalue weighted by atomic mass is 9.92. The quantitative estimate of drug-likeness (QED) is 0.213. The number of halogens is 1. The molecule has 5 rings (SSSR count). The molecule has 0 heterocycles. The molecule has 0 N–H and O–H groups in total. The molecule has 0 saturated heterocycles. The van der Waals surface area contributed by atoms with Crippen LogP contribution < -0.4 is 0 Å². The average molecular weight is 508 g/mol. The summed E-state index contributed by atoms with van der Waals surface area (Å²) in [5.41, 5.74) is 9.88. The Kier molecular flexibility index (Phi) is 5.68. The molecule has 0 radical (unpaired) electrons. The van der Waals surface area contributed by atoms with Gasteiger partial charge in [0.25, 0.3) is 0 Å². The Morgan fingerprint density at radius 3 is 0.968 bits per heavy atom. The smallest absolute Gasteiger partial charge is 0.0130 e. The van der Waals surface area contributed by atoms with Crippen LogP contribution in [0, 0.1) is 3.57 Å². The van der Waals surface area contributed by atoms with Gasteiger partial charge in [0.1, 0.15) is 0 Å². The van der Waals surface area contributed by atoms with Gasteiger partial charge in [0.2, 0.25) is 0 Å². The van der Waals surface area contributed by atoms with Crippen molar-refractivity contribution in [2.45, 2.75) is 0 Å². The van der Waals surface area contributed by atoms with Gasteiger partial charge in [-0.1, -0.05) is 97.1 Å². The van der Waals surface area contributed by atoms with E-state index >= 15 is 0 Å². The zero-order chi connectivity index (χ0) is 21.0. The first kappa shape index (κ1) is 19.8. The summed E-state index contributed by atoms with van der Waals surface area (Å²) in [4.78, 5) is 0. The Hall–Kier alpha value is -3.17. The minimum Gasteiger partial charge on any atom is -0.0622 e. The molecule has 0 saturated carbocycles. The molecule has 0 aromatic heterocycles. The van der Waals surface area contributed by atoms with Crippen LogP contribution in [0.5, 0.6) is 0 Å². The minimum absolute atomic E-state index is 1.23. The highest BCUT2D eigenvalue weighted by Crippen LogP contribution is 2.33. The standard InChI is InChI=1S/C30H21I/c31-30-17-15-25(16-18-30)24-11-13-26(14-12-24)29-20-27(22-7-3-1-4-8-22)19-28(21-29)23-9-5-2-6-10-23/h1-21H. The lowest BCUT2D eigenvalue weighted by Crippen LogP contribution is -1.86. The molecule has 0 amide bonds. The van der Waals surface area contributed by atoms with Crippen molar-refractivity contribution in [1.29, 1.82) is 0 Å². The number of rotatable bonds is 4. The third kappa shape index (κ3) is 4.47. The molecule has 0 aliphatic carbocycles. The first-order valence-electron chi connectivity index (χ1n) is 10.4. The first-order chi connectivity index (χ1) is 15.3. The van der Waals surface area contributed by atoms with Gasteiger partial charge in [-0.05, 0) is 97.4 Å². The largest absolute Gasteiger partial charge is 0.0622 e. The molecule has 31 heavy (non-hydrogen) atoms. The van der Waals surface area contributed by atoms with Gasteiger partial charge in [0, 0.05) is 3.57 Å². The molecule has 1 heteroatoms. The zero-order valence-corrected chi connectivity index (χ0v) is 19.2. The van der Waals surface area contributed by atoms with Crippen molar-refractivity contribution >= 4 is 22.6 Å². The maximum Gasteiger partial charge on any atom is 0.0130 e. The van der Waals surface area contributed by atoms with Crippen molar-refractivity contribution in [2.75, 3.05) is 0 Å². The van der Waals surface area contributed by atoms with Crippen LogP contribution in [-0.4, -0.2) is 0 Å². The second-order valence-corrected chi connectivity index (χ2v) is 8.86. The van der Waals surface area contributed by atoms with Crippen LogP contribution in [-0.2, 0) is 0 Å². The van der Waals surface area contributed by atoms with Gasteiger partial charge in [-0.25, -0.2) is 0 Å². The van der Waals surface area contributed by atoms with Crippen LogP contribution in [0.1, 0.15) is 0 Å². The first-order valence-corrected chi connectivity index (χ1v) is 11.5. The molecule has 0 bridgehead atoms. The van der Waals surface area contributed by atoms with Crippen molar-refractivity contribution in [1.82, 2.24) is 0 Å². The Balaban J connectivity index is 1.58. The normalized spacial score (nSPS) is 10.7. The predicted molar refractivity (Wildman–Crippen MR) is 141 cm³/mol. The Bertz CT molecular complexity index is 1230. The SMILES string of the molecule is Ic1ccc(-c2ccc(-c3cc(-c4ccccc4)cc(-c4ccccc4)c3)cc2)cc1. The lowest BCUT2D eigenvalue weighted by Gasteiger charge is -2.12. The summed E-state index contributed by atoms with van der Waals surface area (Å²) in [5, 5.41) is 0. The second kappa shape index (κ2) is 8.91. The van der Waals surface area contributed by atoms with E-state index in [1.807, 2.05) is 0 Å². The van der Waals surface area contributed by atoms with E-state index in [9.17, 15) is 0 Å². The molecule has 148 valence electrons. The Labute approximate surface area is 197 Å². The van der Waals surface area contributed by atoms with Gasteiger partial charge in [-0.15, -0.1) is 0 Å². The maximum atomic E-state index is 2.34. The molecule has 0 atom stereocenters. The second-order valence-electron chi connectivity index (χ2n) is 7.62. The molecule has 0 unspecified atom stereocenters. The van der Waals surface area contributed by atoms with Crippen LogP contribution in [0.2, 0.25) is 0 Å². The van der Waals surface area contributed by atoms with Crippen LogP contribution in [0.4, 0.5) is 0 Å². The van der Waals surface area contributed by atoms with Gasteiger partial charge in [-0.2, -0.15) is 0 Å². The summed E-state index contributed by atoms with van der Waals surface area (Å²) < 4.78 is 1.25. The van der Waals surface area contributed by atoms with E-state index in [0.29, 0.717) is 0 Å². The van der Waals surface area contributed by atoms with Gasteiger partial charge in [0.15, 0.2) is 0 Å². The summed E-state index contributed by atoms with van der Waals surface area (Å²) in [6.45, 7) is 0. The number of benzene rings is 5. The van der Waals surface area contributed by atoms with Crippen molar-refractivity contribution in [3.8, 4) is 44.5 Å².